The van der Waals surface area contributed by atoms with Crippen LogP contribution < -0.4 is 5.32 Å². The number of aromatic amines is 1. The van der Waals surface area contributed by atoms with Gasteiger partial charge in [-0.25, -0.2) is 0 Å². The third-order valence-electron chi connectivity index (χ3n) is 5.11. The van der Waals surface area contributed by atoms with Gasteiger partial charge in [0.1, 0.15) is 0 Å². The molecule has 3 nitrogen and oxygen atoms in total. The molecule has 2 N–H and O–H groups in total. The molecule has 2 aliphatic rings. The summed E-state index contributed by atoms with van der Waals surface area (Å²) in [5, 5.41) is 4.91. The Morgan fingerprint density at radius 1 is 1.26 bits per heavy atom. The van der Waals surface area contributed by atoms with Gasteiger partial charge >= 0.3 is 0 Å². The molecular formula is C16H21N3. The van der Waals surface area contributed by atoms with Crippen molar-refractivity contribution < 1.29 is 0 Å². The minimum absolute atomic E-state index is 0.702. The molecule has 1 aromatic heterocycles. The molecule has 3 heteroatoms. The largest absolute Gasteiger partial charge is 0.361 e. The highest BCUT2D eigenvalue weighted by atomic mass is 15.2. The lowest BCUT2D eigenvalue weighted by molar-refractivity contribution is 0.232. The summed E-state index contributed by atoms with van der Waals surface area (Å²) in [6.45, 7) is 7.14. The van der Waals surface area contributed by atoms with Gasteiger partial charge in [0.25, 0.3) is 0 Å². The highest BCUT2D eigenvalue weighted by Crippen LogP contribution is 2.34. The molecule has 3 heterocycles. The first-order chi connectivity index (χ1) is 9.33. The lowest BCUT2D eigenvalue weighted by Crippen LogP contribution is -2.32. The van der Waals surface area contributed by atoms with Gasteiger partial charge in [-0.2, -0.15) is 0 Å². The van der Waals surface area contributed by atoms with Crippen molar-refractivity contribution >= 4 is 10.9 Å². The maximum Gasteiger partial charge on any atom is 0.0457 e. The maximum absolute atomic E-state index is 3.53. The number of aromatic nitrogens is 1. The second kappa shape index (κ2) is 4.36. The van der Waals surface area contributed by atoms with E-state index in [-0.39, 0.29) is 0 Å². The summed E-state index contributed by atoms with van der Waals surface area (Å²) in [4.78, 5) is 6.05. The zero-order chi connectivity index (χ0) is 12.8. The van der Waals surface area contributed by atoms with Crippen LogP contribution in [0.1, 0.15) is 12.5 Å². The minimum atomic E-state index is 0.702. The van der Waals surface area contributed by atoms with Crippen LogP contribution in [0, 0.1) is 11.8 Å². The number of rotatable bonds is 2. The van der Waals surface area contributed by atoms with Crippen molar-refractivity contribution in [3.05, 3.63) is 36.0 Å². The van der Waals surface area contributed by atoms with E-state index in [2.05, 4.69) is 52.6 Å². The first-order valence-corrected chi connectivity index (χ1v) is 7.32. The normalized spacial score (nSPS) is 31.1. The lowest BCUT2D eigenvalue weighted by Gasteiger charge is -2.23. The van der Waals surface area contributed by atoms with Gasteiger partial charge in [0.15, 0.2) is 0 Å². The van der Waals surface area contributed by atoms with Crippen molar-refractivity contribution in [2.45, 2.75) is 19.5 Å². The van der Waals surface area contributed by atoms with Crippen LogP contribution in [-0.2, 0) is 6.54 Å². The number of para-hydroxylation sites is 1. The maximum atomic E-state index is 3.53. The Bertz CT molecular complexity index is 588. The van der Waals surface area contributed by atoms with Gasteiger partial charge in [0.2, 0.25) is 0 Å². The van der Waals surface area contributed by atoms with Crippen LogP contribution in [0.25, 0.3) is 10.9 Å². The van der Waals surface area contributed by atoms with Crippen LogP contribution in [0.5, 0.6) is 0 Å². The first-order valence-electron chi connectivity index (χ1n) is 7.32. The van der Waals surface area contributed by atoms with Crippen LogP contribution >= 0.6 is 0 Å². The Morgan fingerprint density at radius 3 is 3.05 bits per heavy atom. The molecule has 0 aliphatic carbocycles. The molecule has 2 fully saturated rings. The average molecular weight is 255 g/mol. The van der Waals surface area contributed by atoms with Crippen LogP contribution in [0.4, 0.5) is 0 Å². The van der Waals surface area contributed by atoms with Crippen molar-refractivity contribution in [2.24, 2.45) is 11.8 Å². The fraction of sp³-hybridized carbons (Fsp3) is 0.500. The summed E-state index contributed by atoms with van der Waals surface area (Å²) < 4.78 is 0. The number of hydrogen-bond acceptors (Lipinski definition) is 2. The Kier molecular flexibility index (Phi) is 2.64. The summed E-state index contributed by atoms with van der Waals surface area (Å²) in [6, 6.07) is 9.31. The van der Waals surface area contributed by atoms with Gasteiger partial charge in [0.05, 0.1) is 0 Å². The van der Waals surface area contributed by atoms with E-state index in [1.165, 1.54) is 36.1 Å². The monoisotopic (exact) mass is 255 g/mol. The Balaban J connectivity index is 1.58. The number of nitrogens with one attached hydrogen (secondary N) is 2. The second-order valence-electron chi connectivity index (χ2n) is 6.11. The molecule has 100 valence electrons. The molecule has 2 aromatic rings. The predicted octanol–water partition coefficient (Wildman–Crippen LogP) is 2.21. The molecule has 3 unspecified atom stereocenters. The van der Waals surface area contributed by atoms with Crippen molar-refractivity contribution in [3.8, 4) is 0 Å². The average Bonchev–Trinajstić information content (AvgIpc) is 3.10. The summed E-state index contributed by atoms with van der Waals surface area (Å²) in [5.74, 6) is 1.71. The van der Waals surface area contributed by atoms with Crippen molar-refractivity contribution in [1.82, 2.24) is 15.2 Å². The third kappa shape index (κ3) is 1.80. The quantitative estimate of drug-likeness (QED) is 0.862. The molecule has 19 heavy (non-hydrogen) atoms. The van der Waals surface area contributed by atoms with E-state index >= 15 is 0 Å². The van der Waals surface area contributed by atoms with Crippen molar-refractivity contribution in [1.29, 1.82) is 0 Å². The molecular weight excluding hydrogens is 234 g/mol. The Hall–Kier alpha value is -1.32. The van der Waals surface area contributed by atoms with Gasteiger partial charge in [-0.05, 0) is 43.5 Å². The Morgan fingerprint density at radius 2 is 2.16 bits per heavy atom. The number of nitrogens with zero attached hydrogens (tertiary/aromatic N) is 1. The summed E-state index contributed by atoms with van der Waals surface area (Å²) in [7, 11) is 0. The number of H-pyrrole nitrogens is 1. The SMILES string of the molecule is CC1C2CNCC2CN1Cc1c[nH]c2ccccc12. The van der Waals surface area contributed by atoms with Crippen LogP contribution in [0.2, 0.25) is 0 Å². The van der Waals surface area contributed by atoms with Gasteiger partial charge in [-0.3, -0.25) is 4.90 Å². The highest BCUT2D eigenvalue weighted by Gasteiger charge is 2.41. The number of benzene rings is 1. The molecule has 0 radical (unpaired) electrons. The van der Waals surface area contributed by atoms with Crippen LogP contribution in [-0.4, -0.2) is 35.6 Å². The zero-order valence-corrected chi connectivity index (χ0v) is 11.4. The van der Waals surface area contributed by atoms with E-state index in [0.717, 1.165) is 18.4 Å². The Labute approximate surface area is 114 Å². The molecule has 4 rings (SSSR count). The van der Waals surface area contributed by atoms with Gasteiger partial charge in [-0.15, -0.1) is 0 Å². The minimum Gasteiger partial charge on any atom is -0.361 e. The molecule has 0 amide bonds. The highest BCUT2D eigenvalue weighted by molar-refractivity contribution is 5.82. The summed E-state index contributed by atoms with van der Waals surface area (Å²) in [5.41, 5.74) is 2.70. The lowest BCUT2D eigenvalue weighted by atomic mass is 9.95. The smallest absolute Gasteiger partial charge is 0.0457 e. The molecule has 2 aliphatic heterocycles. The van der Waals surface area contributed by atoms with E-state index in [1.807, 2.05) is 0 Å². The zero-order valence-electron chi connectivity index (χ0n) is 11.4. The fourth-order valence-electron chi connectivity index (χ4n) is 3.95. The topological polar surface area (TPSA) is 31.1 Å². The number of likely N-dealkylation sites (tertiary alicyclic amines) is 1. The third-order valence-corrected chi connectivity index (χ3v) is 5.11. The van der Waals surface area contributed by atoms with E-state index in [0.29, 0.717) is 6.04 Å². The molecule has 0 spiro atoms. The van der Waals surface area contributed by atoms with E-state index in [9.17, 15) is 0 Å². The van der Waals surface area contributed by atoms with Crippen molar-refractivity contribution in [3.63, 3.8) is 0 Å². The predicted molar refractivity (Wildman–Crippen MR) is 78.0 cm³/mol. The molecule has 1 aromatic carbocycles. The molecule has 3 atom stereocenters. The summed E-state index contributed by atoms with van der Waals surface area (Å²) >= 11 is 0. The van der Waals surface area contributed by atoms with Gasteiger partial charge < -0.3 is 10.3 Å². The standard InChI is InChI=1S/C16H21N3/c1-11-15-8-17-6-12(15)9-19(11)10-13-7-18-16-5-3-2-4-14(13)16/h2-5,7,11-12,15,17-18H,6,8-10H2,1H3. The number of hydrogen-bond donors (Lipinski definition) is 2. The van der Waals surface area contributed by atoms with E-state index in [4.69, 9.17) is 0 Å². The molecule has 0 saturated carbocycles. The second-order valence-corrected chi connectivity index (χ2v) is 6.11. The molecule has 0 bridgehead atoms. The number of fused-ring (bicyclic) bond motifs is 2. The van der Waals surface area contributed by atoms with E-state index in [1.54, 1.807) is 0 Å². The summed E-state index contributed by atoms with van der Waals surface area (Å²) in [6.07, 6.45) is 2.18. The van der Waals surface area contributed by atoms with Gasteiger partial charge in [0, 0.05) is 36.2 Å². The fourth-order valence-corrected chi connectivity index (χ4v) is 3.95. The first kappa shape index (κ1) is 11.5. The van der Waals surface area contributed by atoms with E-state index < -0.39 is 0 Å². The van der Waals surface area contributed by atoms with Crippen LogP contribution in [0.15, 0.2) is 30.5 Å². The van der Waals surface area contributed by atoms with Crippen molar-refractivity contribution in [2.75, 3.05) is 19.6 Å². The van der Waals surface area contributed by atoms with Gasteiger partial charge in [-0.1, -0.05) is 18.2 Å². The molecule has 2 saturated heterocycles. The van der Waals surface area contributed by atoms with Crippen LogP contribution in [0.3, 0.4) is 0 Å².